The zero-order valence-electron chi connectivity index (χ0n) is 36.2. The maximum absolute atomic E-state index is 14.5. The maximum atomic E-state index is 14.5. The van der Waals surface area contributed by atoms with E-state index in [0.717, 1.165) is 55.4 Å². The Hall–Kier alpha value is -5.42. The van der Waals surface area contributed by atoms with Gasteiger partial charge in [-0.2, -0.15) is 0 Å². The summed E-state index contributed by atoms with van der Waals surface area (Å²) >= 11 is 0. The third-order valence-electron chi connectivity index (χ3n) is 12.8. The lowest BCUT2D eigenvalue weighted by molar-refractivity contribution is -0.216. The van der Waals surface area contributed by atoms with Gasteiger partial charge in [0.25, 0.3) is 0 Å². The van der Waals surface area contributed by atoms with Gasteiger partial charge in [-0.1, -0.05) is 24.3 Å². The number of hydrogen-bond donors (Lipinski definition) is 2. The molecule has 9 heterocycles. The Balaban J connectivity index is 1.15. The Morgan fingerprint density at radius 1 is 0.516 bits per heavy atom. The molecule has 8 bridgehead atoms. The van der Waals surface area contributed by atoms with Crippen molar-refractivity contribution in [2.24, 2.45) is 0 Å². The van der Waals surface area contributed by atoms with Crippen LogP contribution in [-0.2, 0) is 50.7 Å². The lowest BCUT2D eigenvalue weighted by Crippen LogP contribution is -2.37. The van der Waals surface area contributed by atoms with Crippen LogP contribution in [0, 0.1) is 11.6 Å². The van der Waals surface area contributed by atoms with E-state index in [1.54, 1.807) is 38.5 Å². The summed E-state index contributed by atoms with van der Waals surface area (Å²) in [7, 11) is 3.31. The van der Waals surface area contributed by atoms with E-state index in [9.17, 15) is 8.78 Å². The third-order valence-corrected chi connectivity index (χ3v) is 12.8. The predicted octanol–water partition coefficient (Wildman–Crippen LogP) is 9.14. The summed E-state index contributed by atoms with van der Waals surface area (Å²) in [5.41, 5.74) is 10.6. The standard InChI is InChI=1S/C50H48F2N4O8/c1-49(2)61-45-43(57-5)39(59-47(45)63-49)23-29-31-15-19-35(53-31)41(25-7-11-27(51)12-8-25)37-21-17-33(55-37)30(24-40-44(58-6)46-48(60-40)64-50(3,4)62-46)34-18-22-38(56-34)42(36-20-16-32(29)54-36)26-9-13-28(52)14-10-26/h7-22,39-40,43-48,53-54H,23-24H2,1-6H3/t39-,40-,43+,44+,45-,46-,47-,48-/m1/s1. The minimum absolute atomic E-state index is 0.347. The van der Waals surface area contributed by atoms with E-state index in [-0.39, 0.29) is 11.6 Å². The van der Waals surface area contributed by atoms with Crippen LogP contribution in [0.4, 0.5) is 8.78 Å². The molecule has 330 valence electrons. The minimum atomic E-state index is -0.819. The highest BCUT2D eigenvalue weighted by molar-refractivity contribution is 5.94. The highest BCUT2D eigenvalue weighted by atomic mass is 19.1. The van der Waals surface area contributed by atoms with Crippen molar-refractivity contribution < 1.29 is 46.7 Å². The number of aromatic amines is 2. The van der Waals surface area contributed by atoms with Crippen LogP contribution in [-0.4, -0.2) is 94.9 Å². The van der Waals surface area contributed by atoms with Crippen LogP contribution in [0.2, 0.25) is 0 Å². The van der Waals surface area contributed by atoms with Gasteiger partial charge < -0.3 is 47.9 Å². The highest BCUT2D eigenvalue weighted by Gasteiger charge is 2.56. The number of nitrogens with zero attached hydrogens (tertiary/aromatic N) is 2. The van der Waals surface area contributed by atoms with Crippen LogP contribution in [0.15, 0.2) is 72.8 Å². The summed E-state index contributed by atoms with van der Waals surface area (Å²) in [6, 6.07) is 20.9. The largest absolute Gasteiger partial charge is 0.376 e. The number of nitrogens with one attached hydrogen (secondary N) is 2. The average molecular weight is 871 g/mol. The average Bonchev–Trinajstić information content (AvgIpc) is 4.13. The van der Waals surface area contributed by atoms with E-state index in [1.165, 1.54) is 24.3 Å². The Bertz CT molecular complexity index is 2730. The van der Waals surface area contributed by atoms with Crippen molar-refractivity contribution in [3.63, 3.8) is 0 Å². The molecule has 11 rings (SSSR count). The molecule has 5 aromatic rings. The van der Waals surface area contributed by atoms with Crippen LogP contribution in [0.3, 0.4) is 0 Å². The Morgan fingerprint density at radius 3 is 1.33 bits per heavy atom. The molecule has 6 aliphatic heterocycles. The molecule has 14 heteroatoms. The first kappa shape index (κ1) is 41.3. The second-order valence-electron chi connectivity index (χ2n) is 17.8. The number of H-pyrrole nitrogens is 2. The Kier molecular flexibility index (Phi) is 10.1. The molecular formula is C50H48F2N4O8. The van der Waals surface area contributed by atoms with Crippen molar-refractivity contribution in [3.05, 3.63) is 118 Å². The van der Waals surface area contributed by atoms with Gasteiger partial charge in [-0.15, -0.1) is 0 Å². The summed E-state index contributed by atoms with van der Waals surface area (Å²) in [5, 5.41) is 0. The van der Waals surface area contributed by atoms with E-state index in [0.29, 0.717) is 35.6 Å². The molecule has 2 aromatic carbocycles. The summed E-state index contributed by atoms with van der Waals surface area (Å²) in [6.07, 6.45) is 4.84. The SMILES string of the molecule is CO[C@@H]1[C@H]2OC(C)(C)O[C@H]2O[C@@H]1Cc1c2nc(c(-c3ccc(F)cc3)c3ccc([nH]3)c(C[C@H]3O[C@@H]4OC(C)(C)O[C@@H]4[C@H]3OC)c3ccc([nH]3)c(-c3ccc(F)cc3)c3nc1C=C3)C=C2. The number of methoxy groups -OCH3 is 2. The quantitative estimate of drug-likeness (QED) is 0.153. The van der Waals surface area contributed by atoms with Gasteiger partial charge >= 0.3 is 0 Å². The first-order chi connectivity index (χ1) is 30.8. The zero-order valence-corrected chi connectivity index (χ0v) is 36.2. The smallest absolute Gasteiger partial charge is 0.190 e. The van der Waals surface area contributed by atoms with Crippen molar-refractivity contribution in [1.29, 1.82) is 0 Å². The first-order valence-electron chi connectivity index (χ1n) is 21.6. The van der Waals surface area contributed by atoms with E-state index >= 15 is 0 Å². The Labute approximate surface area is 368 Å². The molecule has 3 aromatic heterocycles. The summed E-state index contributed by atoms with van der Waals surface area (Å²) < 4.78 is 79.0. The molecule has 0 aliphatic carbocycles. The third kappa shape index (κ3) is 7.31. The van der Waals surface area contributed by atoms with Crippen molar-refractivity contribution in [2.75, 3.05) is 14.2 Å². The van der Waals surface area contributed by atoms with Crippen molar-refractivity contribution in [3.8, 4) is 22.3 Å². The number of hydrogen-bond acceptors (Lipinski definition) is 10. The molecule has 0 saturated carbocycles. The van der Waals surface area contributed by atoms with Crippen LogP contribution in [0.25, 0.3) is 68.6 Å². The number of ether oxygens (including phenoxy) is 8. The minimum Gasteiger partial charge on any atom is -0.376 e. The molecule has 4 fully saturated rings. The van der Waals surface area contributed by atoms with Gasteiger partial charge in [0.2, 0.25) is 0 Å². The van der Waals surface area contributed by atoms with Crippen LogP contribution in [0.5, 0.6) is 0 Å². The number of halogens is 2. The molecule has 6 aliphatic rings. The van der Waals surface area contributed by atoms with Gasteiger partial charge in [0, 0.05) is 71.4 Å². The van der Waals surface area contributed by atoms with Crippen molar-refractivity contribution >= 4 is 46.4 Å². The van der Waals surface area contributed by atoms with Gasteiger partial charge in [-0.3, -0.25) is 0 Å². The van der Waals surface area contributed by atoms with Crippen molar-refractivity contribution in [1.82, 2.24) is 19.9 Å². The molecular weight excluding hydrogens is 823 g/mol. The first-order valence-corrected chi connectivity index (χ1v) is 21.6. The second kappa shape index (κ2) is 15.6. The summed E-state index contributed by atoms with van der Waals surface area (Å²) in [6.45, 7) is 7.44. The molecule has 12 nitrogen and oxygen atoms in total. The number of fused-ring (bicyclic) bond motifs is 10. The lowest BCUT2D eigenvalue weighted by Gasteiger charge is -2.25. The Morgan fingerprint density at radius 2 is 0.906 bits per heavy atom. The molecule has 2 N–H and O–H groups in total. The normalized spacial score (nSPS) is 27.4. The van der Waals surface area contributed by atoms with E-state index in [4.69, 9.17) is 47.9 Å². The van der Waals surface area contributed by atoms with E-state index in [1.807, 2.05) is 76.3 Å². The lowest BCUT2D eigenvalue weighted by atomic mass is 9.99. The fraction of sp³-hybridized carbons (Fsp3) is 0.360. The molecule has 4 saturated heterocycles. The van der Waals surface area contributed by atoms with Gasteiger partial charge in [0.05, 0.1) is 35.0 Å². The van der Waals surface area contributed by atoms with E-state index < -0.39 is 60.8 Å². The molecule has 0 radical (unpaired) electrons. The fourth-order valence-corrected chi connectivity index (χ4v) is 9.99. The topological polar surface area (TPSA) is 131 Å². The molecule has 8 atom stereocenters. The number of benzene rings is 2. The van der Waals surface area contributed by atoms with Gasteiger partial charge in [0.1, 0.15) is 36.1 Å². The monoisotopic (exact) mass is 870 g/mol. The van der Waals surface area contributed by atoms with Crippen LogP contribution < -0.4 is 0 Å². The zero-order chi connectivity index (χ0) is 44.1. The van der Waals surface area contributed by atoms with Gasteiger partial charge in [-0.05, 0) is 112 Å². The summed E-state index contributed by atoms with van der Waals surface area (Å²) in [5.74, 6) is -2.33. The maximum Gasteiger partial charge on any atom is 0.190 e. The van der Waals surface area contributed by atoms with E-state index in [2.05, 4.69) is 9.97 Å². The van der Waals surface area contributed by atoms with Crippen LogP contribution >= 0.6 is 0 Å². The highest BCUT2D eigenvalue weighted by Crippen LogP contribution is 2.43. The van der Waals surface area contributed by atoms with Gasteiger partial charge in [0.15, 0.2) is 24.2 Å². The predicted molar refractivity (Wildman–Crippen MR) is 236 cm³/mol. The van der Waals surface area contributed by atoms with Crippen molar-refractivity contribution in [2.45, 2.75) is 101 Å². The molecule has 64 heavy (non-hydrogen) atoms. The molecule has 0 spiro atoms. The number of rotatable bonds is 8. The summed E-state index contributed by atoms with van der Waals surface area (Å²) in [4.78, 5) is 18.1. The fourth-order valence-electron chi connectivity index (χ4n) is 9.99. The molecule has 0 unspecified atom stereocenters. The van der Waals surface area contributed by atoms with Gasteiger partial charge in [-0.25, -0.2) is 18.7 Å². The number of aromatic nitrogens is 4. The second-order valence-corrected chi connectivity index (χ2v) is 17.8. The van der Waals surface area contributed by atoms with Crippen LogP contribution in [0.1, 0.15) is 61.6 Å². The molecule has 0 amide bonds.